The van der Waals surface area contributed by atoms with Gasteiger partial charge in [0.05, 0.1) is 10.6 Å². The molecule has 2 aromatic rings. The molecule has 2 aliphatic rings. The van der Waals surface area contributed by atoms with Gasteiger partial charge in [-0.2, -0.15) is 5.26 Å². The molecule has 162 valence electrons. The summed E-state index contributed by atoms with van der Waals surface area (Å²) >= 11 is 12.3. The van der Waals surface area contributed by atoms with E-state index in [1.165, 1.54) is 32.1 Å². The molecule has 1 atom stereocenters. The van der Waals surface area contributed by atoms with E-state index in [0.29, 0.717) is 40.3 Å². The molecule has 31 heavy (non-hydrogen) atoms. The molecule has 1 aromatic carbocycles. The smallest absolute Gasteiger partial charge is 0.254 e. The van der Waals surface area contributed by atoms with Crippen molar-refractivity contribution in [3.05, 3.63) is 57.8 Å². The summed E-state index contributed by atoms with van der Waals surface area (Å²) in [6.45, 7) is 2.31. The number of rotatable bonds is 5. The maximum Gasteiger partial charge on any atom is 0.254 e. The zero-order chi connectivity index (χ0) is 21.8. The van der Waals surface area contributed by atoms with Crippen LogP contribution in [0.25, 0.3) is 0 Å². The van der Waals surface area contributed by atoms with E-state index >= 15 is 0 Å². The van der Waals surface area contributed by atoms with Crippen LogP contribution in [0.1, 0.15) is 54.4 Å². The molecule has 7 heteroatoms. The first kappa shape index (κ1) is 21.9. The van der Waals surface area contributed by atoms with E-state index in [9.17, 15) is 10.1 Å². The lowest BCUT2D eigenvalue weighted by molar-refractivity contribution is 0.0790. The Labute approximate surface area is 193 Å². The minimum atomic E-state index is -0.0118. The molecule has 0 unspecified atom stereocenters. The van der Waals surface area contributed by atoms with Crippen molar-refractivity contribution in [3.8, 4) is 6.07 Å². The molecule has 0 N–H and O–H groups in total. The van der Waals surface area contributed by atoms with Crippen molar-refractivity contribution >= 4 is 34.8 Å². The molecule has 0 radical (unpaired) electrons. The molecule has 1 amide bonds. The molecule has 0 bridgehead atoms. The van der Waals surface area contributed by atoms with Gasteiger partial charge in [-0.3, -0.25) is 4.79 Å². The molecule has 2 heterocycles. The molecule has 1 aliphatic carbocycles. The average Bonchev–Trinajstić information content (AvgIpc) is 3.27. The number of amides is 1. The minimum Gasteiger partial charge on any atom is -0.366 e. The molecular weight excluding hydrogens is 431 g/mol. The molecule has 1 saturated heterocycles. The van der Waals surface area contributed by atoms with Gasteiger partial charge in [0.15, 0.2) is 0 Å². The Balaban J connectivity index is 1.54. The van der Waals surface area contributed by atoms with E-state index in [0.717, 1.165) is 18.7 Å². The van der Waals surface area contributed by atoms with E-state index in [-0.39, 0.29) is 11.9 Å². The van der Waals surface area contributed by atoms with Gasteiger partial charge in [-0.1, -0.05) is 42.5 Å². The van der Waals surface area contributed by atoms with E-state index in [2.05, 4.69) is 16.0 Å². The van der Waals surface area contributed by atoms with Gasteiger partial charge in [-0.25, -0.2) is 4.98 Å². The quantitative estimate of drug-likeness (QED) is 0.552. The Morgan fingerprint density at radius 2 is 1.97 bits per heavy atom. The predicted molar refractivity (Wildman–Crippen MR) is 124 cm³/mol. The molecular formula is C24H26Cl2N4O. The Hall–Kier alpha value is -2.29. The number of carbonyl (C=O) groups is 1. The van der Waals surface area contributed by atoms with Crippen molar-refractivity contribution in [3.63, 3.8) is 0 Å². The highest BCUT2D eigenvalue weighted by atomic mass is 35.5. The molecule has 0 spiro atoms. The molecule has 1 saturated carbocycles. The third-order valence-electron chi connectivity index (χ3n) is 6.45. The van der Waals surface area contributed by atoms with Gasteiger partial charge in [0.25, 0.3) is 5.91 Å². The number of hydrogen-bond donors (Lipinski definition) is 0. The second-order valence-corrected chi connectivity index (χ2v) is 9.29. The number of carbonyl (C=O) groups excluding carboxylic acids is 1. The largest absolute Gasteiger partial charge is 0.366 e. The Morgan fingerprint density at radius 3 is 2.68 bits per heavy atom. The van der Waals surface area contributed by atoms with Crippen molar-refractivity contribution in [2.75, 3.05) is 24.5 Å². The molecule has 4 rings (SSSR count). The van der Waals surface area contributed by atoms with Crippen LogP contribution in [0.15, 0.2) is 36.5 Å². The highest BCUT2D eigenvalue weighted by Gasteiger charge is 2.33. The topological polar surface area (TPSA) is 60.2 Å². The third-order valence-corrected chi connectivity index (χ3v) is 6.97. The zero-order valence-corrected chi connectivity index (χ0v) is 18.9. The Morgan fingerprint density at radius 1 is 1.16 bits per heavy atom. The SMILES string of the molecule is N#Cc1ccc(N(CC2CCCCC2)[C@H]2CCN(C(=O)c3ccnc(Cl)c3)C2)cc1Cl. The molecule has 5 nitrogen and oxygen atoms in total. The molecule has 1 aliphatic heterocycles. The Kier molecular flexibility index (Phi) is 6.99. The van der Waals surface area contributed by atoms with Gasteiger partial charge in [-0.05, 0) is 55.5 Å². The normalized spacial score (nSPS) is 19.3. The first-order chi connectivity index (χ1) is 15.0. The van der Waals surface area contributed by atoms with Crippen LogP contribution in [-0.2, 0) is 0 Å². The zero-order valence-electron chi connectivity index (χ0n) is 17.4. The van der Waals surface area contributed by atoms with Crippen molar-refractivity contribution in [1.29, 1.82) is 5.26 Å². The monoisotopic (exact) mass is 456 g/mol. The van der Waals surface area contributed by atoms with Gasteiger partial charge >= 0.3 is 0 Å². The van der Waals surface area contributed by atoms with Crippen LogP contribution >= 0.6 is 23.2 Å². The number of nitrogens with zero attached hydrogens (tertiary/aromatic N) is 4. The first-order valence-electron chi connectivity index (χ1n) is 10.9. The van der Waals surface area contributed by atoms with Crippen molar-refractivity contribution in [2.24, 2.45) is 5.92 Å². The fourth-order valence-electron chi connectivity index (χ4n) is 4.79. The number of hydrogen-bond acceptors (Lipinski definition) is 4. The summed E-state index contributed by atoms with van der Waals surface area (Å²) in [6, 6.07) is 11.4. The summed E-state index contributed by atoms with van der Waals surface area (Å²) in [5.41, 5.74) is 2.09. The van der Waals surface area contributed by atoms with Crippen molar-refractivity contribution in [1.82, 2.24) is 9.88 Å². The summed E-state index contributed by atoms with van der Waals surface area (Å²) in [6.07, 6.45) is 8.83. The number of likely N-dealkylation sites (tertiary alicyclic amines) is 1. The van der Waals surface area contributed by atoms with Crippen LogP contribution in [0.3, 0.4) is 0 Å². The fourth-order valence-corrected chi connectivity index (χ4v) is 5.18. The maximum absolute atomic E-state index is 13.0. The van der Waals surface area contributed by atoms with E-state index in [4.69, 9.17) is 23.2 Å². The van der Waals surface area contributed by atoms with Gasteiger partial charge < -0.3 is 9.80 Å². The van der Waals surface area contributed by atoms with Crippen molar-refractivity contribution < 1.29 is 4.79 Å². The van der Waals surface area contributed by atoms with Crippen LogP contribution < -0.4 is 4.90 Å². The lowest BCUT2D eigenvalue weighted by atomic mass is 9.88. The van der Waals surface area contributed by atoms with E-state index in [1.807, 2.05) is 17.0 Å². The predicted octanol–water partition coefficient (Wildman–Crippen LogP) is 5.56. The summed E-state index contributed by atoms with van der Waals surface area (Å²) in [4.78, 5) is 21.3. The summed E-state index contributed by atoms with van der Waals surface area (Å²) in [7, 11) is 0. The van der Waals surface area contributed by atoms with Crippen LogP contribution in [0.5, 0.6) is 0 Å². The Bertz CT molecular complexity index is 984. The summed E-state index contributed by atoms with van der Waals surface area (Å²) in [5, 5.41) is 10.0. The molecule has 1 aromatic heterocycles. The van der Waals surface area contributed by atoms with Crippen LogP contribution in [0.2, 0.25) is 10.2 Å². The second-order valence-electron chi connectivity index (χ2n) is 8.49. The van der Waals surface area contributed by atoms with Gasteiger partial charge in [0, 0.05) is 43.1 Å². The molecule has 2 fully saturated rings. The number of benzene rings is 1. The van der Waals surface area contributed by atoms with Crippen LogP contribution in [0.4, 0.5) is 5.69 Å². The van der Waals surface area contributed by atoms with Crippen molar-refractivity contribution in [2.45, 2.75) is 44.6 Å². The number of aromatic nitrogens is 1. The lowest BCUT2D eigenvalue weighted by Crippen LogP contribution is -2.42. The fraction of sp³-hybridized carbons (Fsp3) is 0.458. The van der Waals surface area contributed by atoms with Crippen LogP contribution in [0, 0.1) is 17.2 Å². The lowest BCUT2D eigenvalue weighted by Gasteiger charge is -2.36. The van der Waals surface area contributed by atoms with Crippen LogP contribution in [-0.4, -0.2) is 41.5 Å². The maximum atomic E-state index is 13.0. The minimum absolute atomic E-state index is 0.0118. The number of anilines is 1. The highest BCUT2D eigenvalue weighted by Crippen LogP contribution is 2.32. The number of halogens is 2. The van der Waals surface area contributed by atoms with Gasteiger partial charge in [0.2, 0.25) is 0 Å². The number of nitriles is 1. The van der Waals surface area contributed by atoms with E-state index in [1.54, 1.807) is 24.4 Å². The van der Waals surface area contributed by atoms with Gasteiger partial charge in [0.1, 0.15) is 11.2 Å². The number of pyridine rings is 1. The summed E-state index contributed by atoms with van der Waals surface area (Å²) < 4.78 is 0. The standard InChI is InChI=1S/C24H26Cl2N4O/c25-22-13-20(7-6-19(22)14-27)30(15-17-4-2-1-3-5-17)21-9-11-29(16-21)24(31)18-8-10-28-23(26)12-18/h6-8,10,12-13,17,21H,1-5,9,11,15-16H2/t21-/m0/s1. The van der Waals surface area contributed by atoms with Gasteiger partial charge in [-0.15, -0.1) is 0 Å². The average molecular weight is 457 g/mol. The summed E-state index contributed by atoms with van der Waals surface area (Å²) in [5.74, 6) is 0.634. The van der Waals surface area contributed by atoms with E-state index < -0.39 is 0 Å². The first-order valence-corrected chi connectivity index (χ1v) is 11.7. The highest BCUT2D eigenvalue weighted by molar-refractivity contribution is 6.32. The third kappa shape index (κ3) is 5.14. The second kappa shape index (κ2) is 9.89.